The second-order valence-electron chi connectivity index (χ2n) is 12.2. The molecule has 1 aromatic carbocycles. The van der Waals surface area contributed by atoms with Crippen molar-refractivity contribution in [3.8, 4) is 11.5 Å². The van der Waals surface area contributed by atoms with Crippen molar-refractivity contribution < 1.29 is 46.9 Å². The van der Waals surface area contributed by atoms with Crippen molar-refractivity contribution in [1.29, 1.82) is 0 Å². The van der Waals surface area contributed by atoms with Crippen LogP contribution in [-0.4, -0.2) is 105 Å². The Morgan fingerprint density at radius 3 is 2.38 bits per heavy atom. The molecule has 14 nitrogen and oxygen atoms in total. The molecule has 2 aromatic heterocycles. The van der Waals surface area contributed by atoms with E-state index in [-0.39, 0.29) is 24.6 Å². The number of hydrogen-bond acceptors (Lipinski definition) is 12. The van der Waals surface area contributed by atoms with Crippen molar-refractivity contribution in [2.45, 2.75) is 67.9 Å². The molecule has 3 N–H and O–H groups in total. The number of fused-ring (bicyclic) bond motifs is 2. The zero-order valence-electron chi connectivity index (χ0n) is 27.3. The average Bonchev–Trinajstić information content (AvgIpc) is 3.68. The van der Waals surface area contributed by atoms with E-state index in [4.69, 9.17) is 34.8 Å². The summed E-state index contributed by atoms with van der Waals surface area (Å²) in [5.41, 5.74) is 7.44. The quantitative estimate of drug-likeness (QED) is 0.304. The summed E-state index contributed by atoms with van der Waals surface area (Å²) >= 11 is 5.15. The number of alkyl halides is 3. The SMILES string of the molecule is C[C@H](OC(=O)C1CCN(C)CC1)C(=O)N1CCC(CCn2c(Sc3cc4c(cc3Br)OCO4)nc3c(N)ncnc32)CC1.O=C(O)C(F)(F)F. The molecule has 1 amide bonds. The van der Waals surface area contributed by atoms with Crippen LogP contribution >= 0.6 is 27.7 Å². The molecule has 2 saturated heterocycles. The number of carboxylic acid groups (broad SMARTS) is 1. The number of hydrogen-bond donors (Lipinski definition) is 2. The van der Waals surface area contributed by atoms with Crippen LogP contribution in [-0.2, 0) is 25.7 Å². The van der Waals surface area contributed by atoms with Crippen LogP contribution in [0.3, 0.4) is 0 Å². The third-order valence-corrected chi connectivity index (χ3v) is 10.7. The van der Waals surface area contributed by atoms with Crippen LogP contribution in [0.2, 0.25) is 0 Å². The summed E-state index contributed by atoms with van der Waals surface area (Å²) in [6.45, 7) is 5.63. The fraction of sp³-hybridized carbons (Fsp3) is 0.548. The molecule has 0 saturated carbocycles. The Morgan fingerprint density at radius 1 is 1.10 bits per heavy atom. The molecular weight excluding hydrogens is 751 g/mol. The maximum Gasteiger partial charge on any atom is 0.490 e. The number of nitrogen functional groups attached to an aromatic ring is 1. The van der Waals surface area contributed by atoms with Crippen LogP contribution in [0.4, 0.5) is 19.0 Å². The number of nitrogens with zero attached hydrogens (tertiary/aromatic N) is 6. The normalized spacial score (nSPS) is 17.7. The van der Waals surface area contributed by atoms with Gasteiger partial charge in [0.2, 0.25) is 6.79 Å². The average molecular weight is 789 g/mol. The predicted molar refractivity (Wildman–Crippen MR) is 178 cm³/mol. The maximum absolute atomic E-state index is 13.1. The number of esters is 1. The second kappa shape index (κ2) is 16.0. The number of halogens is 4. The lowest BCUT2D eigenvalue weighted by Crippen LogP contribution is -2.45. The minimum Gasteiger partial charge on any atom is -0.475 e. The number of imidazole rings is 1. The van der Waals surface area contributed by atoms with Gasteiger partial charge in [0.1, 0.15) is 6.33 Å². The summed E-state index contributed by atoms with van der Waals surface area (Å²) < 4.78 is 51.4. The number of benzene rings is 1. The smallest absolute Gasteiger partial charge is 0.475 e. The van der Waals surface area contributed by atoms with Gasteiger partial charge in [-0.2, -0.15) is 13.2 Å². The number of nitrogens with two attached hydrogens (primary N) is 1. The Balaban J connectivity index is 0.000000630. The Kier molecular flexibility index (Phi) is 12.0. The lowest BCUT2D eigenvalue weighted by Gasteiger charge is -2.34. The Hall–Kier alpha value is -3.84. The van der Waals surface area contributed by atoms with Crippen molar-refractivity contribution >= 4 is 62.5 Å². The van der Waals surface area contributed by atoms with E-state index in [0.29, 0.717) is 54.0 Å². The van der Waals surface area contributed by atoms with E-state index in [2.05, 4.69) is 42.4 Å². The summed E-state index contributed by atoms with van der Waals surface area (Å²) in [5.74, 6) is -1.07. The standard InChI is InChI=1S/C29H36BrN7O5S.C2HF3O2/c1-17(42-28(39)19-6-8-35(2)9-7-19)27(38)36-10-3-18(4-11-36)5-12-37-26-24(25(31)32-15-33-26)34-29(37)43-23-14-22-21(13-20(23)30)40-16-41-22;3-2(4,5)1(6)7/h13-15,17-19H,3-12,16H2,1-2H3,(H2,31,32,33);(H,6,7)/t17-;/m0./s1. The van der Waals surface area contributed by atoms with Gasteiger partial charge in [-0.25, -0.2) is 19.7 Å². The number of amides is 1. The molecule has 6 rings (SSSR count). The van der Waals surface area contributed by atoms with Gasteiger partial charge in [-0.3, -0.25) is 9.59 Å². The van der Waals surface area contributed by atoms with Gasteiger partial charge < -0.3 is 39.4 Å². The third-order valence-electron chi connectivity index (χ3n) is 8.78. The molecule has 0 bridgehead atoms. The Morgan fingerprint density at radius 2 is 1.74 bits per heavy atom. The summed E-state index contributed by atoms with van der Waals surface area (Å²) in [6, 6.07) is 3.84. The highest BCUT2D eigenvalue weighted by atomic mass is 79.9. The molecule has 0 aliphatic carbocycles. The number of likely N-dealkylation sites (tertiary alicyclic amines) is 2. The molecular formula is C31H37BrF3N7O7S. The molecule has 3 aliphatic heterocycles. The number of aryl methyl sites for hydroxylation is 1. The summed E-state index contributed by atoms with van der Waals surface area (Å²) in [7, 11) is 2.05. The first-order valence-corrected chi connectivity index (χ1v) is 17.5. The number of rotatable bonds is 8. The van der Waals surface area contributed by atoms with Crippen LogP contribution in [0.5, 0.6) is 11.5 Å². The van der Waals surface area contributed by atoms with Gasteiger partial charge in [0, 0.05) is 29.0 Å². The number of carbonyl (C=O) groups is 3. The minimum absolute atomic E-state index is 0.111. The highest BCUT2D eigenvalue weighted by molar-refractivity contribution is 9.10. The monoisotopic (exact) mass is 787 g/mol. The number of carboxylic acids is 1. The van der Waals surface area contributed by atoms with E-state index >= 15 is 0 Å². The van der Waals surface area contributed by atoms with Gasteiger partial charge in [-0.05, 0) is 93.1 Å². The largest absolute Gasteiger partial charge is 0.490 e. The van der Waals surface area contributed by atoms with Gasteiger partial charge in [0.05, 0.1) is 5.92 Å². The van der Waals surface area contributed by atoms with Gasteiger partial charge >= 0.3 is 18.1 Å². The molecule has 0 unspecified atom stereocenters. The van der Waals surface area contributed by atoms with Crippen molar-refractivity contribution in [1.82, 2.24) is 29.3 Å². The molecule has 5 heterocycles. The number of carbonyl (C=O) groups excluding carboxylic acids is 2. The summed E-state index contributed by atoms with van der Waals surface area (Å²) in [5, 5.41) is 7.88. The van der Waals surface area contributed by atoms with E-state index in [1.807, 2.05) is 17.0 Å². The van der Waals surface area contributed by atoms with Gasteiger partial charge in [0.15, 0.2) is 39.7 Å². The topological polar surface area (TPSA) is 175 Å². The summed E-state index contributed by atoms with van der Waals surface area (Å²) in [4.78, 5) is 53.0. The fourth-order valence-corrected chi connectivity index (χ4v) is 7.37. The molecule has 0 radical (unpaired) electrons. The van der Waals surface area contributed by atoms with Crippen LogP contribution in [0.1, 0.15) is 39.0 Å². The first-order chi connectivity index (χ1) is 23.7. The van der Waals surface area contributed by atoms with Crippen LogP contribution in [0, 0.1) is 11.8 Å². The molecule has 50 heavy (non-hydrogen) atoms. The third kappa shape index (κ3) is 9.08. The molecule has 0 spiro atoms. The number of ether oxygens (including phenoxy) is 3. The summed E-state index contributed by atoms with van der Waals surface area (Å²) in [6.07, 6.45) is -0.176. The second-order valence-corrected chi connectivity index (χ2v) is 14.1. The van der Waals surface area contributed by atoms with Gasteiger partial charge in [-0.15, -0.1) is 0 Å². The number of aliphatic carboxylic acids is 1. The van der Waals surface area contributed by atoms with Crippen molar-refractivity contribution in [2.75, 3.05) is 45.8 Å². The highest BCUT2D eigenvalue weighted by Gasteiger charge is 2.38. The fourth-order valence-electron chi connectivity index (χ4n) is 5.86. The first kappa shape index (κ1) is 37.4. The number of anilines is 1. The highest BCUT2D eigenvalue weighted by Crippen LogP contribution is 2.43. The first-order valence-electron chi connectivity index (χ1n) is 15.9. The van der Waals surface area contributed by atoms with E-state index in [0.717, 1.165) is 59.7 Å². The molecule has 272 valence electrons. The molecule has 3 aliphatic rings. The van der Waals surface area contributed by atoms with Gasteiger partial charge in [0.25, 0.3) is 5.91 Å². The molecule has 2 fully saturated rings. The van der Waals surface area contributed by atoms with Crippen molar-refractivity contribution in [3.63, 3.8) is 0 Å². The lowest BCUT2D eigenvalue weighted by atomic mass is 9.93. The number of piperidine rings is 2. The molecule has 3 aromatic rings. The van der Waals surface area contributed by atoms with Crippen LogP contribution in [0.25, 0.3) is 11.2 Å². The van der Waals surface area contributed by atoms with Crippen molar-refractivity contribution in [2.24, 2.45) is 11.8 Å². The Labute approximate surface area is 298 Å². The molecule has 1 atom stereocenters. The van der Waals surface area contributed by atoms with E-state index in [1.165, 1.54) is 18.1 Å². The molecule has 19 heteroatoms. The zero-order valence-corrected chi connectivity index (χ0v) is 29.7. The minimum atomic E-state index is -5.08. The van der Waals surface area contributed by atoms with Crippen LogP contribution < -0.4 is 15.2 Å². The zero-order chi connectivity index (χ0) is 36.2. The van der Waals surface area contributed by atoms with E-state index < -0.39 is 18.2 Å². The van der Waals surface area contributed by atoms with Crippen LogP contribution in [0.15, 0.2) is 33.0 Å². The Bertz CT molecular complexity index is 1710. The number of aromatic nitrogens is 4. The maximum atomic E-state index is 13.1. The lowest BCUT2D eigenvalue weighted by molar-refractivity contribution is -0.192. The van der Waals surface area contributed by atoms with Gasteiger partial charge in [-0.1, -0.05) is 11.8 Å². The van der Waals surface area contributed by atoms with Crippen molar-refractivity contribution in [3.05, 3.63) is 22.9 Å². The van der Waals surface area contributed by atoms with E-state index in [9.17, 15) is 22.8 Å². The predicted octanol–water partition coefficient (Wildman–Crippen LogP) is 4.59. The van der Waals surface area contributed by atoms with E-state index in [1.54, 1.807) is 6.92 Å².